The lowest BCUT2D eigenvalue weighted by molar-refractivity contribution is 0.0231. The molecule has 2 heterocycles. The molecule has 0 radical (unpaired) electrons. The molecule has 52 heavy (non-hydrogen) atoms. The van der Waals surface area contributed by atoms with E-state index < -0.39 is 9.84 Å². The standard InChI is InChI=1S/C47H41NO2S2/c1-30-24-33-26-31(2)27-34(25-30)47(33)41-19-7-9-21-44(41)52(49,50)45-29-37(22-23-42(45)47)48(35-13-4-3-5-14-35)36-15-10-12-32(28-36)38-17-11-18-40-39-16-6-8-20-43(39)51-46(38)40/h3-23,28-31,33-34H,24-27H2,1-2H3. The summed E-state index contributed by atoms with van der Waals surface area (Å²) in [6, 6.07) is 48.6. The Labute approximate surface area is 310 Å². The SMILES string of the molecule is CC1CC2CC(C)CC(C1)C21c2ccccc2S(=O)(=O)c2cc(N(c3ccccc3)c3cccc(-c4cccc5c4sc4ccccc45)c3)ccc21. The lowest BCUT2D eigenvalue weighted by Crippen LogP contribution is -2.54. The van der Waals surface area contributed by atoms with Gasteiger partial charge in [-0.2, -0.15) is 0 Å². The van der Waals surface area contributed by atoms with Crippen molar-refractivity contribution in [3.63, 3.8) is 0 Å². The molecule has 2 aliphatic carbocycles. The third-order valence-corrected chi connectivity index (χ3v) is 15.5. The maximum absolute atomic E-state index is 14.8. The number of rotatable bonds is 4. The Balaban J connectivity index is 1.17. The van der Waals surface area contributed by atoms with Crippen LogP contribution in [0.1, 0.15) is 50.7 Å². The number of hydrogen-bond donors (Lipinski definition) is 0. The molecule has 0 amide bonds. The summed E-state index contributed by atoms with van der Waals surface area (Å²) in [5.41, 5.74) is 6.91. The summed E-state index contributed by atoms with van der Waals surface area (Å²) in [6.07, 6.45) is 4.52. The van der Waals surface area contributed by atoms with Gasteiger partial charge in [-0.25, -0.2) is 8.42 Å². The summed E-state index contributed by atoms with van der Waals surface area (Å²) in [7, 11) is -3.77. The monoisotopic (exact) mass is 715 g/mol. The summed E-state index contributed by atoms with van der Waals surface area (Å²) in [5, 5.41) is 2.56. The molecule has 6 aromatic carbocycles. The Morgan fingerprint density at radius 1 is 0.577 bits per heavy atom. The van der Waals surface area contributed by atoms with Gasteiger partial charge in [-0.15, -0.1) is 11.3 Å². The molecule has 1 aliphatic heterocycles. The molecular formula is C47H41NO2S2. The summed E-state index contributed by atoms with van der Waals surface area (Å²) in [4.78, 5) is 3.21. The van der Waals surface area contributed by atoms with Crippen molar-refractivity contribution in [3.8, 4) is 11.1 Å². The van der Waals surface area contributed by atoms with Gasteiger partial charge in [0, 0.05) is 42.6 Å². The molecule has 1 aromatic heterocycles. The van der Waals surface area contributed by atoms with E-state index in [-0.39, 0.29) is 5.41 Å². The van der Waals surface area contributed by atoms with Crippen molar-refractivity contribution >= 4 is 58.4 Å². The highest BCUT2D eigenvalue weighted by Crippen LogP contribution is 2.64. The lowest BCUT2D eigenvalue weighted by atomic mass is 9.46. The van der Waals surface area contributed by atoms with Gasteiger partial charge in [-0.05, 0) is 120 Å². The maximum Gasteiger partial charge on any atom is 0.207 e. The summed E-state index contributed by atoms with van der Waals surface area (Å²) >= 11 is 1.84. The number of para-hydroxylation sites is 1. The Morgan fingerprint density at radius 2 is 1.19 bits per heavy atom. The Morgan fingerprint density at radius 3 is 1.98 bits per heavy atom. The van der Waals surface area contributed by atoms with E-state index in [1.165, 1.54) is 25.7 Å². The third-order valence-electron chi connectivity index (χ3n) is 12.5. The second kappa shape index (κ2) is 11.9. The molecule has 1 spiro atoms. The van der Waals surface area contributed by atoms with Crippen molar-refractivity contribution in [2.75, 3.05) is 4.90 Å². The second-order valence-electron chi connectivity index (χ2n) is 15.6. The van der Waals surface area contributed by atoms with Crippen LogP contribution in [0.5, 0.6) is 0 Å². The topological polar surface area (TPSA) is 37.4 Å². The van der Waals surface area contributed by atoms with Gasteiger partial charge >= 0.3 is 0 Å². The molecule has 2 bridgehead atoms. The van der Waals surface area contributed by atoms with Crippen LogP contribution in [0.15, 0.2) is 149 Å². The number of anilines is 3. The molecule has 3 nitrogen and oxygen atoms in total. The van der Waals surface area contributed by atoms with Gasteiger partial charge in [0.1, 0.15) is 0 Å². The molecular weight excluding hydrogens is 675 g/mol. The van der Waals surface area contributed by atoms with Gasteiger partial charge in [-0.1, -0.05) is 105 Å². The minimum absolute atomic E-state index is 0.296. The highest BCUT2D eigenvalue weighted by Gasteiger charge is 2.59. The van der Waals surface area contributed by atoms with Gasteiger partial charge in [-0.3, -0.25) is 0 Å². The van der Waals surface area contributed by atoms with E-state index in [4.69, 9.17) is 0 Å². The highest BCUT2D eigenvalue weighted by atomic mass is 32.2. The van der Waals surface area contributed by atoms with Gasteiger partial charge < -0.3 is 4.90 Å². The fourth-order valence-corrected chi connectivity index (χ4v) is 13.7. The van der Waals surface area contributed by atoms with Crippen LogP contribution in [-0.4, -0.2) is 8.42 Å². The smallest absolute Gasteiger partial charge is 0.207 e. The number of benzene rings is 6. The zero-order valence-corrected chi connectivity index (χ0v) is 31.1. The number of sulfone groups is 1. The first-order valence-corrected chi connectivity index (χ1v) is 21.0. The van der Waals surface area contributed by atoms with Gasteiger partial charge in [0.25, 0.3) is 0 Å². The zero-order valence-electron chi connectivity index (χ0n) is 29.5. The van der Waals surface area contributed by atoms with Crippen molar-refractivity contribution in [1.82, 2.24) is 0 Å². The minimum Gasteiger partial charge on any atom is -0.310 e. The molecule has 3 aliphatic rings. The molecule has 0 unspecified atom stereocenters. The molecule has 5 heteroatoms. The zero-order chi connectivity index (χ0) is 35.2. The van der Waals surface area contributed by atoms with Crippen molar-refractivity contribution in [1.29, 1.82) is 0 Å². The van der Waals surface area contributed by atoms with E-state index in [9.17, 15) is 8.42 Å². The van der Waals surface area contributed by atoms with Crippen LogP contribution in [0, 0.1) is 23.7 Å². The molecule has 0 atom stereocenters. The first kappa shape index (κ1) is 32.0. The molecule has 2 saturated carbocycles. The average molecular weight is 716 g/mol. The Kier molecular flexibility index (Phi) is 7.32. The predicted octanol–water partition coefficient (Wildman–Crippen LogP) is 12.7. The van der Waals surface area contributed by atoms with E-state index in [1.54, 1.807) is 0 Å². The molecule has 258 valence electrons. The van der Waals surface area contributed by atoms with E-state index >= 15 is 0 Å². The number of thiophene rings is 1. The van der Waals surface area contributed by atoms with Crippen LogP contribution in [0.4, 0.5) is 17.1 Å². The quantitative estimate of drug-likeness (QED) is 0.182. The van der Waals surface area contributed by atoms with Crippen LogP contribution in [0.3, 0.4) is 0 Å². The van der Waals surface area contributed by atoms with Gasteiger partial charge in [0.2, 0.25) is 9.84 Å². The van der Waals surface area contributed by atoms with E-state index in [2.05, 4.69) is 134 Å². The summed E-state index contributed by atoms with van der Waals surface area (Å²) < 4.78 is 32.2. The third kappa shape index (κ3) is 4.65. The van der Waals surface area contributed by atoms with Crippen molar-refractivity contribution in [3.05, 3.63) is 151 Å². The molecule has 0 saturated heterocycles. The van der Waals surface area contributed by atoms with Crippen LogP contribution in [0.2, 0.25) is 0 Å². The Bertz CT molecular complexity index is 2590. The van der Waals surface area contributed by atoms with Crippen LogP contribution in [-0.2, 0) is 15.3 Å². The van der Waals surface area contributed by atoms with Crippen LogP contribution in [0.25, 0.3) is 31.3 Å². The molecule has 2 fully saturated rings. The largest absolute Gasteiger partial charge is 0.310 e. The molecule has 7 aromatic rings. The van der Waals surface area contributed by atoms with Gasteiger partial charge in [0.15, 0.2) is 0 Å². The van der Waals surface area contributed by atoms with Crippen LogP contribution < -0.4 is 4.90 Å². The number of nitrogens with zero attached hydrogens (tertiary/aromatic N) is 1. The first-order valence-electron chi connectivity index (χ1n) is 18.7. The summed E-state index contributed by atoms with van der Waals surface area (Å²) in [6.45, 7) is 4.79. The maximum atomic E-state index is 14.8. The van der Waals surface area contributed by atoms with E-state index in [1.807, 2.05) is 35.6 Å². The molecule has 0 N–H and O–H groups in total. The normalized spacial score (nSPS) is 24.4. The van der Waals surface area contributed by atoms with Gasteiger partial charge in [0.05, 0.1) is 9.79 Å². The minimum atomic E-state index is -3.77. The van der Waals surface area contributed by atoms with E-state index in [0.717, 1.165) is 59.4 Å². The van der Waals surface area contributed by atoms with Crippen molar-refractivity contribution in [2.24, 2.45) is 23.7 Å². The van der Waals surface area contributed by atoms with Crippen LogP contribution >= 0.6 is 11.3 Å². The number of fused-ring (bicyclic) bond motifs is 5. The predicted molar refractivity (Wildman–Crippen MR) is 216 cm³/mol. The fraction of sp³-hybridized carbons (Fsp3) is 0.234. The summed E-state index contributed by atoms with van der Waals surface area (Å²) in [5.74, 6) is 2.09. The Hall–Kier alpha value is -4.71. The highest BCUT2D eigenvalue weighted by molar-refractivity contribution is 7.91. The number of hydrogen-bond acceptors (Lipinski definition) is 4. The molecule has 10 rings (SSSR count). The lowest BCUT2D eigenvalue weighted by Gasteiger charge is -2.59. The average Bonchev–Trinajstić information content (AvgIpc) is 3.54. The van der Waals surface area contributed by atoms with Crippen molar-refractivity contribution in [2.45, 2.75) is 54.7 Å². The first-order chi connectivity index (χ1) is 25.3. The van der Waals surface area contributed by atoms with E-state index in [0.29, 0.717) is 33.5 Å². The second-order valence-corrected chi connectivity index (χ2v) is 18.5. The van der Waals surface area contributed by atoms with Crippen molar-refractivity contribution < 1.29 is 8.42 Å². The fourth-order valence-electron chi connectivity index (χ4n) is 10.6.